The van der Waals surface area contributed by atoms with Gasteiger partial charge in [0.2, 0.25) is 11.7 Å². The Morgan fingerprint density at radius 3 is 2.61 bits per heavy atom. The highest BCUT2D eigenvalue weighted by molar-refractivity contribution is 7.20. The molecule has 4 heterocycles. The van der Waals surface area contributed by atoms with Gasteiger partial charge in [-0.15, -0.1) is 11.3 Å². The molecule has 9 heteroatoms. The van der Waals surface area contributed by atoms with Gasteiger partial charge in [-0.2, -0.15) is 4.98 Å². The zero-order chi connectivity index (χ0) is 20.8. The summed E-state index contributed by atoms with van der Waals surface area (Å²) >= 11 is 1.46. The van der Waals surface area contributed by atoms with Crippen molar-refractivity contribution in [2.24, 2.45) is 0 Å². The molecule has 0 unspecified atom stereocenters. The Bertz CT molecular complexity index is 1210. The molecule has 1 aliphatic carbocycles. The number of hydrogen-bond donors (Lipinski definition) is 0. The van der Waals surface area contributed by atoms with E-state index in [9.17, 15) is 4.79 Å². The molecule has 0 N–H and O–H groups in total. The van der Waals surface area contributed by atoms with Crippen LogP contribution in [0.15, 0.2) is 47.1 Å². The second-order valence-electron chi connectivity index (χ2n) is 7.90. The molecule has 0 atom stereocenters. The quantitative estimate of drug-likeness (QED) is 0.487. The first-order valence-corrected chi connectivity index (χ1v) is 11.3. The van der Waals surface area contributed by atoms with E-state index in [0.29, 0.717) is 29.8 Å². The number of pyridine rings is 1. The van der Waals surface area contributed by atoms with E-state index in [1.165, 1.54) is 11.3 Å². The highest BCUT2D eigenvalue weighted by Crippen LogP contribution is 2.39. The van der Waals surface area contributed by atoms with Gasteiger partial charge in [0.05, 0.1) is 10.2 Å². The van der Waals surface area contributed by atoms with E-state index in [0.717, 1.165) is 53.4 Å². The van der Waals surface area contributed by atoms with Crippen molar-refractivity contribution < 1.29 is 9.32 Å². The third kappa shape index (κ3) is 3.54. The number of nitrogens with zero attached hydrogens (tertiary/aromatic N) is 6. The van der Waals surface area contributed by atoms with Crippen molar-refractivity contribution in [2.75, 3.05) is 31.1 Å². The van der Waals surface area contributed by atoms with Crippen molar-refractivity contribution in [3.63, 3.8) is 0 Å². The number of amides is 1. The number of hydrogen-bond acceptors (Lipinski definition) is 8. The standard InChI is InChI=1S/C22H20N6O2S/c29-22(21-24-16-3-1-2-4-17(16)31-21)28-11-9-27(10-12-28)18-8-7-15(13-23-18)19-25-20(30-26-19)14-5-6-14/h1-4,7-8,13-14H,5-6,9-12H2. The Morgan fingerprint density at radius 2 is 1.87 bits per heavy atom. The van der Waals surface area contributed by atoms with Crippen LogP contribution < -0.4 is 4.90 Å². The predicted octanol–water partition coefficient (Wildman–Crippen LogP) is 3.58. The van der Waals surface area contributed by atoms with E-state index in [1.54, 1.807) is 6.20 Å². The van der Waals surface area contributed by atoms with Crippen molar-refractivity contribution in [1.29, 1.82) is 0 Å². The van der Waals surface area contributed by atoms with Gasteiger partial charge >= 0.3 is 0 Å². The summed E-state index contributed by atoms with van der Waals surface area (Å²) in [5.41, 5.74) is 1.73. The average molecular weight is 433 g/mol. The maximum atomic E-state index is 12.9. The number of carbonyl (C=O) groups is 1. The minimum atomic E-state index is 0.00716. The summed E-state index contributed by atoms with van der Waals surface area (Å²) in [6.07, 6.45) is 4.05. The van der Waals surface area contributed by atoms with Crippen LogP contribution >= 0.6 is 11.3 Å². The average Bonchev–Trinajstić information content (AvgIpc) is 3.39. The lowest BCUT2D eigenvalue weighted by atomic mass is 10.2. The summed E-state index contributed by atoms with van der Waals surface area (Å²) in [5, 5.41) is 4.63. The fourth-order valence-electron chi connectivity index (χ4n) is 3.79. The molecule has 8 nitrogen and oxygen atoms in total. The maximum Gasteiger partial charge on any atom is 0.282 e. The van der Waals surface area contributed by atoms with Gasteiger partial charge < -0.3 is 14.3 Å². The molecule has 1 saturated carbocycles. The molecule has 1 aromatic carbocycles. The molecule has 3 aromatic heterocycles. The lowest BCUT2D eigenvalue weighted by molar-refractivity contribution is 0.0746. The van der Waals surface area contributed by atoms with E-state index in [1.807, 2.05) is 41.3 Å². The first kappa shape index (κ1) is 18.4. The van der Waals surface area contributed by atoms with E-state index < -0.39 is 0 Å². The van der Waals surface area contributed by atoms with Gasteiger partial charge in [0, 0.05) is 43.9 Å². The minimum absolute atomic E-state index is 0.00716. The van der Waals surface area contributed by atoms with Crippen LogP contribution in [0.5, 0.6) is 0 Å². The van der Waals surface area contributed by atoms with Gasteiger partial charge in [-0.3, -0.25) is 4.79 Å². The third-order valence-corrected chi connectivity index (χ3v) is 6.77. The zero-order valence-electron chi connectivity index (χ0n) is 16.8. The molecule has 2 fully saturated rings. The van der Waals surface area contributed by atoms with Crippen molar-refractivity contribution >= 4 is 33.3 Å². The number of fused-ring (bicyclic) bond motifs is 1. The van der Waals surface area contributed by atoms with Crippen LogP contribution in [0.25, 0.3) is 21.6 Å². The highest BCUT2D eigenvalue weighted by atomic mass is 32.1. The maximum absolute atomic E-state index is 12.9. The predicted molar refractivity (Wildman–Crippen MR) is 117 cm³/mol. The smallest absolute Gasteiger partial charge is 0.282 e. The molecular weight excluding hydrogens is 412 g/mol. The van der Waals surface area contributed by atoms with Crippen LogP contribution in [0.2, 0.25) is 0 Å². The number of aromatic nitrogens is 4. The van der Waals surface area contributed by atoms with Gasteiger partial charge in [-0.25, -0.2) is 9.97 Å². The third-order valence-electron chi connectivity index (χ3n) is 5.74. The number of para-hydroxylation sites is 1. The minimum Gasteiger partial charge on any atom is -0.353 e. The van der Waals surface area contributed by atoms with Gasteiger partial charge in [0.25, 0.3) is 5.91 Å². The van der Waals surface area contributed by atoms with Crippen LogP contribution in [0.3, 0.4) is 0 Å². The molecule has 1 aliphatic heterocycles. The highest BCUT2D eigenvalue weighted by Gasteiger charge is 2.30. The molecule has 6 rings (SSSR count). The Kier molecular flexibility index (Phi) is 4.41. The molecular formula is C22H20N6O2S. The van der Waals surface area contributed by atoms with E-state index in [2.05, 4.69) is 25.0 Å². The van der Waals surface area contributed by atoms with Gasteiger partial charge in [-0.1, -0.05) is 17.3 Å². The molecule has 1 amide bonds. The molecule has 2 aliphatic rings. The van der Waals surface area contributed by atoms with Gasteiger partial charge in [-0.05, 0) is 37.1 Å². The van der Waals surface area contributed by atoms with Crippen LogP contribution in [0, 0.1) is 0 Å². The number of anilines is 1. The monoisotopic (exact) mass is 432 g/mol. The van der Waals surface area contributed by atoms with E-state index in [-0.39, 0.29) is 5.91 Å². The Morgan fingerprint density at radius 1 is 1.03 bits per heavy atom. The van der Waals surface area contributed by atoms with Crippen molar-refractivity contribution in [2.45, 2.75) is 18.8 Å². The number of benzene rings is 1. The van der Waals surface area contributed by atoms with Gasteiger partial charge in [0.1, 0.15) is 5.82 Å². The fourth-order valence-corrected chi connectivity index (χ4v) is 4.73. The summed E-state index contributed by atoms with van der Waals surface area (Å²) in [4.78, 5) is 30.5. The Labute approximate surface area is 182 Å². The summed E-state index contributed by atoms with van der Waals surface area (Å²) in [6.45, 7) is 2.76. The topological polar surface area (TPSA) is 88.3 Å². The number of carbonyl (C=O) groups excluding carboxylic acids is 1. The second-order valence-corrected chi connectivity index (χ2v) is 8.93. The first-order chi connectivity index (χ1) is 15.2. The fraction of sp³-hybridized carbons (Fsp3) is 0.318. The van der Waals surface area contributed by atoms with Crippen molar-refractivity contribution in [1.82, 2.24) is 25.0 Å². The number of piperazine rings is 1. The normalized spacial score (nSPS) is 16.8. The summed E-state index contributed by atoms with van der Waals surface area (Å²) < 4.78 is 6.38. The number of thiazole rings is 1. The number of rotatable bonds is 4. The largest absolute Gasteiger partial charge is 0.353 e. The van der Waals surface area contributed by atoms with Crippen LogP contribution in [-0.4, -0.2) is 57.1 Å². The van der Waals surface area contributed by atoms with Crippen LogP contribution in [0.1, 0.15) is 34.5 Å². The Balaban J connectivity index is 1.10. The molecule has 0 radical (unpaired) electrons. The van der Waals surface area contributed by atoms with Crippen molar-refractivity contribution in [3.05, 3.63) is 53.5 Å². The molecule has 1 saturated heterocycles. The lowest BCUT2D eigenvalue weighted by Crippen LogP contribution is -2.49. The molecule has 4 aromatic rings. The SMILES string of the molecule is O=C(c1nc2ccccc2s1)N1CCN(c2ccc(-c3noc(C4CC4)n3)cn2)CC1. The van der Waals surface area contributed by atoms with Gasteiger partial charge in [0.15, 0.2) is 5.01 Å². The summed E-state index contributed by atoms with van der Waals surface area (Å²) in [7, 11) is 0. The Hall–Kier alpha value is -3.33. The first-order valence-electron chi connectivity index (χ1n) is 10.4. The second kappa shape index (κ2) is 7.42. The summed E-state index contributed by atoms with van der Waals surface area (Å²) in [5.74, 6) is 2.66. The molecule has 156 valence electrons. The summed E-state index contributed by atoms with van der Waals surface area (Å²) in [6, 6.07) is 11.8. The van der Waals surface area contributed by atoms with E-state index in [4.69, 9.17) is 4.52 Å². The van der Waals surface area contributed by atoms with Crippen LogP contribution in [-0.2, 0) is 0 Å². The van der Waals surface area contributed by atoms with Crippen LogP contribution in [0.4, 0.5) is 5.82 Å². The zero-order valence-corrected chi connectivity index (χ0v) is 17.6. The lowest BCUT2D eigenvalue weighted by Gasteiger charge is -2.35. The molecule has 0 bridgehead atoms. The molecule has 31 heavy (non-hydrogen) atoms. The van der Waals surface area contributed by atoms with E-state index >= 15 is 0 Å². The molecule has 0 spiro atoms. The van der Waals surface area contributed by atoms with Crippen molar-refractivity contribution in [3.8, 4) is 11.4 Å².